The number of aromatic amines is 1. The Hall–Kier alpha value is -2.04. The maximum Gasteiger partial charge on any atom is 0.328 e. The molecule has 1 fully saturated rings. The molecule has 2 N–H and O–H groups in total. The number of ether oxygens (including phenoxy) is 3. The summed E-state index contributed by atoms with van der Waals surface area (Å²) in [6, 6.07) is 6.11. The first-order chi connectivity index (χ1) is 12.9. The fourth-order valence-electron chi connectivity index (χ4n) is 2.83. The van der Waals surface area contributed by atoms with E-state index in [1.54, 1.807) is 18.2 Å². The minimum absolute atomic E-state index is 0.0874. The van der Waals surface area contributed by atoms with Gasteiger partial charge in [-0.05, 0) is 6.07 Å². The molecule has 0 unspecified atom stereocenters. The van der Waals surface area contributed by atoms with Crippen LogP contribution in [0, 0.1) is 5.82 Å². The van der Waals surface area contributed by atoms with Crippen molar-refractivity contribution >= 4 is 11.6 Å². The third kappa shape index (κ3) is 4.28. The Morgan fingerprint density at radius 2 is 2.11 bits per heavy atom. The predicted molar refractivity (Wildman–Crippen MR) is 93.0 cm³/mol. The molecular formula is C17H18ClFN2O6. The summed E-state index contributed by atoms with van der Waals surface area (Å²) in [5.41, 5.74) is -1.07. The lowest BCUT2D eigenvalue weighted by Gasteiger charge is -2.20. The second kappa shape index (κ2) is 8.32. The number of nitrogens with one attached hydrogen (secondary N) is 1. The first kappa shape index (κ1) is 19.7. The van der Waals surface area contributed by atoms with Crippen molar-refractivity contribution in [3.8, 4) is 0 Å². The van der Waals surface area contributed by atoms with E-state index in [4.69, 9.17) is 25.8 Å². The molecule has 3 rings (SSSR count). The van der Waals surface area contributed by atoms with Gasteiger partial charge in [0.2, 0.25) is 0 Å². The smallest absolute Gasteiger partial charge is 0.328 e. The van der Waals surface area contributed by atoms with Gasteiger partial charge in [-0.25, -0.2) is 9.18 Å². The van der Waals surface area contributed by atoms with Gasteiger partial charge in [-0.2, -0.15) is 0 Å². The van der Waals surface area contributed by atoms with Gasteiger partial charge >= 0.3 is 5.69 Å². The summed E-state index contributed by atoms with van der Waals surface area (Å²) in [6.07, 6.45) is -2.66. The molecule has 8 nitrogen and oxygen atoms in total. The Morgan fingerprint density at radius 3 is 2.81 bits per heavy atom. The van der Waals surface area contributed by atoms with E-state index in [-0.39, 0.29) is 18.2 Å². The van der Waals surface area contributed by atoms with Crippen molar-refractivity contribution in [2.24, 2.45) is 0 Å². The molecule has 146 valence electrons. The number of aliphatic hydroxyl groups excluding tert-OH is 1. The average Bonchev–Trinajstić information content (AvgIpc) is 2.94. The van der Waals surface area contributed by atoms with Crippen LogP contribution in [0.2, 0.25) is 5.02 Å². The minimum atomic E-state index is -1.15. The Morgan fingerprint density at radius 1 is 1.37 bits per heavy atom. The van der Waals surface area contributed by atoms with Gasteiger partial charge in [-0.1, -0.05) is 29.8 Å². The first-order valence-electron chi connectivity index (χ1n) is 8.11. The van der Waals surface area contributed by atoms with E-state index in [0.717, 1.165) is 10.8 Å². The number of H-pyrrole nitrogens is 1. The maximum atomic E-state index is 13.7. The third-order valence-corrected chi connectivity index (χ3v) is 4.53. The minimum Gasteiger partial charge on any atom is -0.387 e. The van der Waals surface area contributed by atoms with Gasteiger partial charge in [-0.15, -0.1) is 0 Å². The van der Waals surface area contributed by atoms with Gasteiger partial charge in [0.25, 0.3) is 5.56 Å². The largest absolute Gasteiger partial charge is 0.387 e. The summed E-state index contributed by atoms with van der Waals surface area (Å²) in [4.78, 5) is 25.3. The van der Waals surface area contributed by atoms with Crippen molar-refractivity contribution in [1.29, 1.82) is 0 Å². The van der Waals surface area contributed by atoms with Gasteiger partial charge in [0.05, 0.1) is 13.2 Å². The molecule has 27 heavy (non-hydrogen) atoms. The second-order valence-corrected chi connectivity index (χ2v) is 6.43. The predicted octanol–water partition coefficient (Wildman–Crippen LogP) is 0.647. The van der Waals surface area contributed by atoms with Gasteiger partial charge in [-0.3, -0.25) is 14.3 Å². The zero-order valence-corrected chi connectivity index (χ0v) is 15.1. The summed E-state index contributed by atoms with van der Waals surface area (Å²) in [6.45, 7) is -0.176. The number of hydrogen-bond acceptors (Lipinski definition) is 6. The molecule has 2 heterocycles. The molecular weight excluding hydrogens is 383 g/mol. The highest BCUT2D eigenvalue weighted by Crippen LogP contribution is 2.26. The fourth-order valence-corrected chi connectivity index (χ4v) is 3.00. The molecule has 1 saturated heterocycles. The highest BCUT2D eigenvalue weighted by molar-refractivity contribution is 6.30. The molecule has 0 radical (unpaired) electrons. The summed E-state index contributed by atoms with van der Waals surface area (Å²) in [5, 5.41) is 10.4. The van der Waals surface area contributed by atoms with Crippen molar-refractivity contribution < 1.29 is 23.7 Å². The van der Waals surface area contributed by atoms with Gasteiger partial charge in [0, 0.05) is 18.9 Å². The highest BCUT2D eigenvalue weighted by atomic mass is 35.5. The Balaban J connectivity index is 1.72. The maximum absolute atomic E-state index is 13.7. The van der Waals surface area contributed by atoms with Crippen LogP contribution in [0.15, 0.2) is 40.1 Å². The van der Waals surface area contributed by atoms with Gasteiger partial charge in [0.15, 0.2) is 6.29 Å². The first-order valence-corrected chi connectivity index (χ1v) is 8.49. The number of aromatic nitrogens is 2. The van der Waals surface area contributed by atoms with Crippen LogP contribution in [0.4, 0.5) is 4.39 Å². The molecule has 0 bridgehead atoms. The van der Waals surface area contributed by atoms with Gasteiger partial charge in [0.1, 0.15) is 29.2 Å². The number of hydrogen-bond donors (Lipinski definition) is 2. The average molecular weight is 401 g/mol. The van der Waals surface area contributed by atoms with Crippen LogP contribution in [0.3, 0.4) is 0 Å². The normalized spacial score (nSPS) is 25.0. The van der Waals surface area contributed by atoms with E-state index in [1.165, 1.54) is 13.2 Å². The van der Waals surface area contributed by atoms with Gasteiger partial charge < -0.3 is 19.3 Å². The summed E-state index contributed by atoms with van der Waals surface area (Å²) in [5.74, 6) is -0.425. The number of nitrogens with zero attached hydrogens (tertiary/aromatic N) is 1. The standard InChI is InChI=1S/C17H18ClFN2O6/c1-25-16-14(26-8-9-4-2-3-5-11(9)19)13(22)12(27-16)7-21-6-10(18)15(23)20-17(21)24/h2-6,12-14,16,22H,7-8H2,1H3,(H,20,23,24)/t12-,13+,14-,16+/m1/s1. The molecule has 0 saturated carbocycles. The zero-order valence-electron chi connectivity index (χ0n) is 14.3. The molecule has 4 atom stereocenters. The van der Waals surface area contributed by atoms with Crippen LogP contribution in [-0.2, 0) is 27.4 Å². The Bertz CT molecular complexity index is 917. The lowest BCUT2D eigenvalue weighted by Crippen LogP contribution is -2.39. The van der Waals surface area contributed by atoms with Crippen molar-refractivity contribution in [3.05, 3.63) is 67.7 Å². The van der Waals surface area contributed by atoms with Crippen molar-refractivity contribution in [3.63, 3.8) is 0 Å². The Labute approximate surface area is 158 Å². The van der Waals surface area contributed by atoms with E-state index < -0.39 is 41.7 Å². The zero-order chi connectivity index (χ0) is 19.6. The van der Waals surface area contributed by atoms with E-state index >= 15 is 0 Å². The SMILES string of the molecule is CO[C@H]1O[C@H](Cn2cc(Cl)c(=O)[nH]c2=O)[C@H](O)[C@H]1OCc1ccccc1F. The summed E-state index contributed by atoms with van der Waals surface area (Å²) in [7, 11) is 1.38. The van der Waals surface area contributed by atoms with E-state index in [0.29, 0.717) is 5.56 Å². The number of aliphatic hydroxyl groups is 1. The van der Waals surface area contributed by atoms with Crippen LogP contribution >= 0.6 is 11.6 Å². The second-order valence-electron chi connectivity index (χ2n) is 6.02. The van der Waals surface area contributed by atoms with Crippen molar-refractivity contribution in [2.75, 3.05) is 7.11 Å². The molecule has 1 aromatic carbocycles. The number of rotatable bonds is 6. The van der Waals surface area contributed by atoms with E-state index in [2.05, 4.69) is 4.98 Å². The number of halogens is 2. The molecule has 10 heteroatoms. The topological polar surface area (TPSA) is 103 Å². The molecule has 1 aliphatic rings. The molecule has 0 aliphatic carbocycles. The monoisotopic (exact) mass is 400 g/mol. The Kier molecular flexibility index (Phi) is 6.08. The van der Waals surface area contributed by atoms with Crippen LogP contribution < -0.4 is 11.2 Å². The van der Waals surface area contributed by atoms with Crippen molar-refractivity contribution in [2.45, 2.75) is 37.8 Å². The molecule has 1 aliphatic heterocycles. The number of benzene rings is 1. The third-order valence-electron chi connectivity index (χ3n) is 4.26. The lowest BCUT2D eigenvalue weighted by molar-refractivity contribution is -0.166. The van der Waals surface area contributed by atoms with Crippen LogP contribution in [0.1, 0.15) is 5.56 Å². The van der Waals surface area contributed by atoms with E-state index in [9.17, 15) is 19.1 Å². The fraction of sp³-hybridized carbons (Fsp3) is 0.412. The molecule has 0 spiro atoms. The highest BCUT2D eigenvalue weighted by Gasteiger charge is 2.45. The lowest BCUT2D eigenvalue weighted by atomic mass is 10.1. The van der Waals surface area contributed by atoms with Crippen LogP contribution in [0.25, 0.3) is 0 Å². The quantitative estimate of drug-likeness (QED) is 0.738. The van der Waals surface area contributed by atoms with Crippen molar-refractivity contribution in [1.82, 2.24) is 9.55 Å². The molecule has 2 aromatic rings. The number of methoxy groups -OCH3 is 1. The van der Waals surface area contributed by atoms with E-state index in [1.807, 2.05) is 0 Å². The molecule has 1 aromatic heterocycles. The van der Waals surface area contributed by atoms with Crippen LogP contribution in [-0.4, -0.2) is 46.4 Å². The van der Waals surface area contributed by atoms with Crippen LogP contribution in [0.5, 0.6) is 0 Å². The molecule has 0 amide bonds. The summed E-state index contributed by atoms with van der Waals surface area (Å²) < 4.78 is 31.2. The summed E-state index contributed by atoms with van der Waals surface area (Å²) >= 11 is 5.73.